The summed E-state index contributed by atoms with van der Waals surface area (Å²) >= 11 is -3.91. The van der Waals surface area contributed by atoms with Crippen LogP contribution < -0.4 is 0 Å². The van der Waals surface area contributed by atoms with Gasteiger partial charge >= 0.3 is 284 Å². The summed E-state index contributed by atoms with van der Waals surface area (Å²) in [5.41, 5.74) is 20.8. The van der Waals surface area contributed by atoms with E-state index in [1.54, 1.807) is 22.3 Å². The Bertz CT molecular complexity index is 1870. The van der Waals surface area contributed by atoms with E-state index in [0.717, 1.165) is 0 Å². The molecule has 6 rings (SSSR count). The molecule has 0 radical (unpaired) electrons. The Hall–Kier alpha value is -1.96. The normalized spacial score (nSPS) is 17.9. The zero-order valence-electron chi connectivity index (χ0n) is 31.3. The summed E-state index contributed by atoms with van der Waals surface area (Å²) in [6.07, 6.45) is 0. The first-order valence-corrected chi connectivity index (χ1v) is 30.9. The second-order valence-corrected chi connectivity index (χ2v) is 48.1. The number of hydrogen-bond donors (Lipinski definition) is 0. The monoisotopic (exact) mass is 772 g/mol. The third-order valence-corrected chi connectivity index (χ3v) is 28.3. The molecule has 2 aliphatic rings. The maximum atomic E-state index is 2.81. The van der Waals surface area contributed by atoms with Gasteiger partial charge in [-0.25, -0.2) is 0 Å². The fraction of sp³-hybridized carbons (Fsp3) is 0.364. The maximum absolute atomic E-state index is 3.91. The summed E-state index contributed by atoms with van der Waals surface area (Å²) in [4.78, 5) is 0. The molecule has 0 heterocycles. The molecule has 0 saturated heterocycles. The van der Waals surface area contributed by atoms with Crippen LogP contribution in [0.1, 0.15) is 96.0 Å². The van der Waals surface area contributed by atoms with Crippen LogP contribution in [-0.2, 0) is 17.4 Å². The first-order valence-electron chi connectivity index (χ1n) is 17.2. The fourth-order valence-corrected chi connectivity index (χ4v) is 29.4. The van der Waals surface area contributed by atoms with E-state index < -0.39 is 17.4 Å². The Morgan fingerprint density at radius 2 is 0.812 bits per heavy atom. The number of halogens is 2. The SMILES string of the molecule is CC1=C(C(C)(C)C)[CH]([Zr]([CH3])([CH3])(=[SiH2])[CH]2C(C(C)(C)C)=C(C)c3c(-c4ccc(C)cc4)cccc32)c2cccc(-c3ccc(C)cc3)c21.Cl.Cl. The molecule has 0 saturated carbocycles. The predicted octanol–water partition coefficient (Wildman–Crippen LogP) is 13.3. The van der Waals surface area contributed by atoms with Crippen LogP contribution in [0.4, 0.5) is 0 Å². The molecule has 2 atom stereocenters. The molecule has 0 N–H and O–H groups in total. The third kappa shape index (κ3) is 6.27. The van der Waals surface area contributed by atoms with Gasteiger partial charge in [0.1, 0.15) is 0 Å². The van der Waals surface area contributed by atoms with Gasteiger partial charge in [-0.3, -0.25) is 0 Å². The minimum Gasteiger partial charge on any atom is -0.147 e. The van der Waals surface area contributed by atoms with Crippen LogP contribution in [0.3, 0.4) is 0 Å². The number of rotatable bonds is 4. The van der Waals surface area contributed by atoms with Gasteiger partial charge in [-0.05, 0) is 0 Å². The molecule has 4 aromatic carbocycles. The van der Waals surface area contributed by atoms with Crippen LogP contribution in [0.15, 0.2) is 96.1 Å². The zero-order chi connectivity index (χ0) is 33.6. The van der Waals surface area contributed by atoms with Crippen molar-refractivity contribution in [2.75, 3.05) is 0 Å². The van der Waals surface area contributed by atoms with Crippen molar-refractivity contribution in [2.24, 2.45) is 10.8 Å². The van der Waals surface area contributed by atoms with Gasteiger partial charge in [-0.15, -0.1) is 24.8 Å². The van der Waals surface area contributed by atoms with E-state index in [0.29, 0.717) is 7.25 Å². The molecule has 0 fully saturated rings. The molecular formula is C44H56Cl2SiZr. The van der Waals surface area contributed by atoms with Crippen LogP contribution in [0.25, 0.3) is 33.4 Å². The Kier molecular flexibility index (Phi) is 10.5. The van der Waals surface area contributed by atoms with Crippen molar-refractivity contribution >= 4 is 42.8 Å². The van der Waals surface area contributed by atoms with E-state index in [1.165, 1.54) is 55.7 Å². The van der Waals surface area contributed by atoms with Gasteiger partial charge in [-0.1, -0.05) is 0 Å². The largest absolute Gasteiger partial charge is 0.147 e. The maximum Gasteiger partial charge on any atom is -0.147 e. The molecule has 2 aliphatic carbocycles. The summed E-state index contributed by atoms with van der Waals surface area (Å²) in [6.45, 7) is 26.5. The second-order valence-electron chi connectivity index (χ2n) is 17.7. The molecule has 0 aromatic heterocycles. The van der Waals surface area contributed by atoms with Crippen molar-refractivity contribution < 1.29 is 17.4 Å². The van der Waals surface area contributed by atoms with Crippen molar-refractivity contribution in [3.63, 3.8) is 0 Å². The predicted molar refractivity (Wildman–Crippen MR) is 218 cm³/mol. The quantitative estimate of drug-likeness (QED) is 0.181. The minimum atomic E-state index is -3.91. The van der Waals surface area contributed by atoms with Crippen LogP contribution in [-0.4, -0.2) is 6.88 Å². The number of aryl methyl sites for hydroxylation is 2. The molecular weight excluding hydrogens is 719 g/mol. The van der Waals surface area contributed by atoms with Crippen molar-refractivity contribution in [1.29, 1.82) is 0 Å². The van der Waals surface area contributed by atoms with Crippen molar-refractivity contribution in [3.05, 3.63) is 129 Å². The Morgan fingerprint density at radius 1 is 0.500 bits per heavy atom. The van der Waals surface area contributed by atoms with Gasteiger partial charge in [0, 0.05) is 0 Å². The van der Waals surface area contributed by atoms with E-state index in [4.69, 9.17) is 0 Å². The van der Waals surface area contributed by atoms with Crippen molar-refractivity contribution in [1.82, 2.24) is 0 Å². The molecule has 2 unspecified atom stereocenters. The Balaban J connectivity index is 0.00000260. The first-order chi connectivity index (χ1) is 21.3. The summed E-state index contributed by atoms with van der Waals surface area (Å²) < 4.78 is 6.55. The van der Waals surface area contributed by atoms with E-state index in [2.05, 4.69) is 170 Å². The number of benzene rings is 4. The summed E-state index contributed by atoms with van der Waals surface area (Å²) in [6, 6.07) is 32.8. The minimum absolute atomic E-state index is 0. The van der Waals surface area contributed by atoms with Crippen molar-refractivity contribution in [3.8, 4) is 22.3 Å². The summed E-state index contributed by atoms with van der Waals surface area (Å²) in [5, 5.41) is 0. The third-order valence-electron chi connectivity index (χ3n) is 11.2. The Morgan fingerprint density at radius 3 is 1.10 bits per heavy atom. The van der Waals surface area contributed by atoms with Crippen LogP contribution in [0, 0.1) is 24.7 Å². The zero-order valence-corrected chi connectivity index (χ0v) is 36.8. The average molecular weight is 775 g/mol. The van der Waals surface area contributed by atoms with E-state index in [9.17, 15) is 0 Å². The molecule has 4 aromatic rings. The number of hydrogen-bond acceptors (Lipinski definition) is 0. The molecule has 0 amide bonds. The van der Waals surface area contributed by atoms with E-state index in [1.807, 2.05) is 0 Å². The second kappa shape index (κ2) is 13.0. The molecule has 4 heteroatoms. The molecule has 0 spiro atoms. The topological polar surface area (TPSA) is 0 Å². The van der Waals surface area contributed by atoms with Gasteiger partial charge in [0.2, 0.25) is 0 Å². The van der Waals surface area contributed by atoms with Gasteiger partial charge in [-0.2, -0.15) is 0 Å². The van der Waals surface area contributed by atoms with Gasteiger partial charge in [0.05, 0.1) is 0 Å². The smallest absolute Gasteiger partial charge is 0.147 e. The van der Waals surface area contributed by atoms with Crippen LogP contribution in [0.2, 0.25) is 9.26 Å². The van der Waals surface area contributed by atoms with Gasteiger partial charge in [0.15, 0.2) is 0 Å². The number of allylic oxidation sites excluding steroid dienone is 4. The van der Waals surface area contributed by atoms with E-state index >= 15 is 0 Å². The van der Waals surface area contributed by atoms with Gasteiger partial charge in [0.25, 0.3) is 0 Å². The first kappa shape index (κ1) is 38.8. The molecule has 254 valence electrons. The number of fused-ring (bicyclic) bond motifs is 2. The molecule has 0 bridgehead atoms. The molecule has 48 heavy (non-hydrogen) atoms. The van der Waals surface area contributed by atoms with E-state index in [-0.39, 0.29) is 35.6 Å². The fourth-order valence-electron chi connectivity index (χ4n) is 9.55. The van der Waals surface area contributed by atoms with Gasteiger partial charge < -0.3 is 0 Å². The molecule has 0 aliphatic heterocycles. The standard InChI is InChI=1S/2C21H23.2CH3.2ClH.H2Si.Zr/c2*1-14-9-11-16(12-10-14)18-8-6-7-17-13-19(21(3,4)5)15(2)20(17)18;;;;;;/h2*6-13H,1-5H3;2*1H3;2*1H;1H2;. The van der Waals surface area contributed by atoms with Crippen molar-refractivity contribution in [2.45, 2.75) is 85.8 Å². The molecule has 0 nitrogen and oxygen atoms in total. The average Bonchev–Trinajstić information content (AvgIpc) is 3.47. The van der Waals surface area contributed by atoms with Crippen LogP contribution >= 0.6 is 24.8 Å². The summed E-state index contributed by atoms with van der Waals surface area (Å²) in [7, 11) is 0. The Labute approximate surface area is 306 Å². The summed E-state index contributed by atoms with van der Waals surface area (Å²) in [5.74, 6) is 0. The van der Waals surface area contributed by atoms with Crippen LogP contribution in [0.5, 0.6) is 0 Å².